The van der Waals surface area contributed by atoms with Gasteiger partial charge in [-0.2, -0.15) is 0 Å². The lowest BCUT2D eigenvalue weighted by molar-refractivity contribution is -0.0691. The molecule has 0 aliphatic carbocycles. The summed E-state index contributed by atoms with van der Waals surface area (Å²) >= 11 is 0. The van der Waals surface area contributed by atoms with Crippen molar-refractivity contribution in [3.63, 3.8) is 0 Å². The van der Waals surface area contributed by atoms with Crippen LogP contribution in [-0.2, 0) is 0 Å². The van der Waals surface area contributed by atoms with E-state index in [-0.39, 0.29) is 0 Å². The van der Waals surface area contributed by atoms with Crippen LogP contribution in [-0.4, -0.2) is 37.1 Å². The van der Waals surface area contributed by atoms with Crippen molar-refractivity contribution in [3.8, 4) is 0 Å². The molecule has 0 aromatic carbocycles. The number of likely N-dealkylation sites (tertiary alicyclic amines) is 1. The first-order valence-corrected chi connectivity index (χ1v) is 9.74. The zero-order valence-electron chi connectivity index (χ0n) is 14.6. The maximum absolute atomic E-state index is 3.46. The van der Waals surface area contributed by atoms with Crippen LogP contribution in [0.25, 0.3) is 0 Å². The molecule has 2 heterocycles. The third-order valence-corrected chi connectivity index (χ3v) is 5.63. The zero-order valence-corrected chi connectivity index (χ0v) is 14.6. The SMILES string of the molecule is CCCCCCCC(CCCCCC)N1CC2(CNC2)C1. The fraction of sp³-hybridized carbons (Fsp3) is 1.00. The molecule has 2 heteroatoms. The molecule has 124 valence electrons. The van der Waals surface area contributed by atoms with Crippen LogP contribution >= 0.6 is 0 Å². The Kier molecular flexibility index (Phi) is 7.53. The highest BCUT2D eigenvalue weighted by Gasteiger charge is 2.48. The Morgan fingerprint density at radius 3 is 1.81 bits per heavy atom. The van der Waals surface area contributed by atoms with Crippen LogP contribution in [0.1, 0.15) is 84.5 Å². The van der Waals surface area contributed by atoms with E-state index in [2.05, 4.69) is 24.1 Å². The Labute approximate surface area is 133 Å². The fourth-order valence-electron chi connectivity index (χ4n) is 4.08. The largest absolute Gasteiger partial charge is 0.315 e. The van der Waals surface area contributed by atoms with Gasteiger partial charge in [-0.25, -0.2) is 0 Å². The Morgan fingerprint density at radius 1 is 0.810 bits per heavy atom. The molecule has 0 saturated carbocycles. The number of hydrogen-bond donors (Lipinski definition) is 1. The number of nitrogens with one attached hydrogen (secondary N) is 1. The molecular weight excluding hydrogens is 256 g/mol. The normalized spacial score (nSPS) is 22.0. The molecule has 1 atom stereocenters. The van der Waals surface area contributed by atoms with Crippen molar-refractivity contribution in [1.29, 1.82) is 0 Å². The first-order chi connectivity index (χ1) is 10.3. The van der Waals surface area contributed by atoms with Crippen LogP contribution in [0.4, 0.5) is 0 Å². The molecular formula is C19H38N2. The van der Waals surface area contributed by atoms with Crippen molar-refractivity contribution in [2.75, 3.05) is 26.2 Å². The first kappa shape index (κ1) is 17.3. The molecule has 2 fully saturated rings. The van der Waals surface area contributed by atoms with Gasteiger partial charge < -0.3 is 5.32 Å². The average molecular weight is 295 g/mol. The second kappa shape index (κ2) is 9.15. The minimum atomic E-state index is 0.698. The summed E-state index contributed by atoms with van der Waals surface area (Å²) in [6.07, 6.45) is 15.8. The minimum Gasteiger partial charge on any atom is -0.315 e. The van der Waals surface area contributed by atoms with Gasteiger partial charge in [0.2, 0.25) is 0 Å². The summed E-state index contributed by atoms with van der Waals surface area (Å²) in [6.45, 7) is 9.95. The molecule has 2 aliphatic heterocycles. The van der Waals surface area contributed by atoms with Gasteiger partial charge in [0.25, 0.3) is 0 Å². The van der Waals surface area contributed by atoms with Crippen molar-refractivity contribution in [2.45, 2.75) is 90.5 Å². The maximum Gasteiger partial charge on any atom is 0.0207 e. The van der Waals surface area contributed by atoms with E-state index in [0.717, 1.165) is 6.04 Å². The van der Waals surface area contributed by atoms with E-state index in [0.29, 0.717) is 5.41 Å². The zero-order chi connectivity index (χ0) is 15.0. The van der Waals surface area contributed by atoms with Gasteiger partial charge in [0.1, 0.15) is 0 Å². The third kappa shape index (κ3) is 5.25. The highest BCUT2D eigenvalue weighted by molar-refractivity contribution is 5.05. The Balaban J connectivity index is 1.63. The van der Waals surface area contributed by atoms with Crippen LogP contribution in [0.15, 0.2) is 0 Å². The fourth-order valence-corrected chi connectivity index (χ4v) is 4.08. The summed E-state index contributed by atoms with van der Waals surface area (Å²) in [4.78, 5) is 2.81. The van der Waals surface area contributed by atoms with Crippen LogP contribution in [0.5, 0.6) is 0 Å². The van der Waals surface area contributed by atoms with E-state index in [1.807, 2.05) is 0 Å². The lowest BCUT2D eigenvalue weighted by atomic mass is 9.73. The predicted octanol–water partition coefficient (Wildman–Crippen LogP) is 4.59. The van der Waals surface area contributed by atoms with E-state index in [1.165, 1.54) is 96.8 Å². The molecule has 0 bridgehead atoms. The number of hydrogen-bond acceptors (Lipinski definition) is 2. The van der Waals surface area contributed by atoms with Crippen LogP contribution < -0.4 is 5.32 Å². The molecule has 2 aliphatic rings. The van der Waals surface area contributed by atoms with E-state index < -0.39 is 0 Å². The molecule has 1 N–H and O–H groups in total. The van der Waals surface area contributed by atoms with Crippen molar-refractivity contribution in [3.05, 3.63) is 0 Å². The number of rotatable bonds is 12. The molecule has 0 radical (unpaired) electrons. The van der Waals surface area contributed by atoms with Gasteiger partial charge in [-0.05, 0) is 12.8 Å². The summed E-state index contributed by atoms with van der Waals surface area (Å²) in [5.74, 6) is 0. The summed E-state index contributed by atoms with van der Waals surface area (Å²) in [5, 5.41) is 3.46. The quantitative estimate of drug-likeness (QED) is 0.530. The van der Waals surface area contributed by atoms with E-state index >= 15 is 0 Å². The van der Waals surface area contributed by atoms with Gasteiger partial charge in [0.15, 0.2) is 0 Å². The van der Waals surface area contributed by atoms with Crippen LogP contribution in [0.2, 0.25) is 0 Å². The van der Waals surface area contributed by atoms with Gasteiger partial charge in [-0.15, -0.1) is 0 Å². The summed E-state index contributed by atoms with van der Waals surface area (Å²) in [5.41, 5.74) is 0.698. The third-order valence-electron chi connectivity index (χ3n) is 5.63. The Hall–Kier alpha value is -0.0800. The van der Waals surface area contributed by atoms with Gasteiger partial charge >= 0.3 is 0 Å². The van der Waals surface area contributed by atoms with Gasteiger partial charge in [-0.3, -0.25) is 4.90 Å². The van der Waals surface area contributed by atoms with Crippen LogP contribution in [0.3, 0.4) is 0 Å². The Morgan fingerprint density at radius 2 is 1.33 bits per heavy atom. The maximum atomic E-state index is 3.46. The standard InChI is InChI=1S/C19H38N2/c1-3-5-7-9-11-13-18(12-10-8-6-4-2)21-16-19(17-21)14-20-15-19/h18,20H,3-17H2,1-2H3. The highest BCUT2D eigenvalue weighted by Crippen LogP contribution is 2.37. The number of nitrogens with zero attached hydrogens (tertiary/aromatic N) is 1. The summed E-state index contributed by atoms with van der Waals surface area (Å²) in [7, 11) is 0. The molecule has 1 unspecified atom stereocenters. The van der Waals surface area contributed by atoms with Crippen molar-refractivity contribution < 1.29 is 0 Å². The second-order valence-electron chi connectivity index (χ2n) is 7.71. The Bertz CT molecular complexity index is 265. The number of unbranched alkanes of at least 4 members (excludes halogenated alkanes) is 7. The molecule has 0 aromatic heterocycles. The predicted molar refractivity (Wildman–Crippen MR) is 92.8 cm³/mol. The van der Waals surface area contributed by atoms with E-state index in [4.69, 9.17) is 0 Å². The lowest BCUT2D eigenvalue weighted by Crippen LogP contribution is -2.72. The van der Waals surface area contributed by atoms with Gasteiger partial charge in [0.05, 0.1) is 0 Å². The highest BCUT2D eigenvalue weighted by atomic mass is 15.3. The molecule has 0 aromatic rings. The smallest absolute Gasteiger partial charge is 0.0207 e. The summed E-state index contributed by atoms with van der Waals surface area (Å²) in [6, 6.07) is 0.898. The molecule has 2 rings (SSSR count). The second-order valence-corrected chi connectivity index (χ2v) is 7.71. The molecule has 0 amide bonds. The van der Waals surface area contributed by atoms with E-state index in [1.54, 1.807) is 0 Å². The monoisotopic (exact) mass is 294 g/mol. The molecule has 21 heavy (non-hydrogen) atoms. The van der Waals surface area contributed by atoms with Crippen molar-refractivity contribution in [1.82, 2.24) is 10.2 Å². The lowest BCUT2D eigenvalue weighted by Gasteiger charge is -2.58. The van der Waals surface area contributed by atoms with Crippen LogP contribution in [0, 0.1) is 5.41 Å². The summed E-state index contributed by atoms with van der Waals surface area (Å²) < 4.78 is 0. The van der Waals surface area contributed by atoms with Crippen molar-refractivity contribution in [2.24, 2.45) is 5.41 Å². The molecule has 1 spiro atoms. The van der Waals surface area contributed by atoms with Gasteiger partial charge in [0, 0.05) is 37.6 Å². The molecule has 2 nitrogen and oxygen atoms in total. The van der Waals surface area contributed by atoms with E-state index in [9.17, 15) is 0 Å². The van der Waals surface area contributed by atoms with Crippen molar-refractivity contribution >= 4 is 0 Å². The average Bonchev–Trinajstić information content (AvgIpc) is 2.39. The topological polar surface area (TPSA) is 15.3 Å². The first-order valence-electron chi connectivity index (χ1n) is 9.74. The molecule has 2 saturated heterocycles. The minimum absolute atomic E-state index is 0.698. The van der Waals surface area contributed by atoms with Gasteiger partial charge in [-0.1, -0.05) is 71.6 Å².